The van der Waals surface area contributed by atoms with Crippen LogP contribution in [0.25, 0.3) is 12.2 Å². The van der Waals surface area contributed by atoms with Gasteiger partial charge in [-0.2, -0.15) is 21.0 Å². The number of allylic oxidation sites excluding steroid dienone is 2. The summed E-state index contributed by atoms with van der Waals surface area (Å²) in [7, 11) is 0. The van der Waals surface area contributed by atoms with Crippen molar-refractivity contribution in [3.63, 3.8) is 0 Å². The first kappa shape index (κ1) is 19.8. The third-order valence-corrected chi connectivity index (χ3v) is 3.52. The minimum atomic E-state index is -0.0150. The van der Waals surface area contributed by atoms with Gasteiger partial charge >= 0.3 is 0 Å². The molecule has 0 bridgehead atoms. The molecule has 6 nitrogen and oxygen atoms in total. The molecule has 0 saturated heterocycles. The second-order valence-corrected chi connectivity index (χ2v) is 5.34. The van der Waals surface area contributed by atoms with Crippen LogP contribution in [0.5, 0.6) is 11.5 Å². The zero-order chi connectivity index (χ0) is 20.2. The Bertz CT molecular complexity index is 954. The molecule has 0 aliphatic heterocycles. The van der Waals surface area contributed by atoms with Crippen molar-refractivity contribution in [2.45, 2.75) is 0 Å². The molecule has 0 fully saturated rings. The molecule has 0 saturated carbocycles. The molecule has 0 heterocycles. The van der Waals surface area contributed by atoms with Crippen LogP contribution in [-0.2, 0) is 0 Å². The zero-order valence-corrected chi connectivity index (χ0v) is 14.8. The van der Waals surface area contributed by atoms with Crippen LogP contribution in [0.2, 0.25) is 0 Å². The van der Waals surface area contributed by atoms with E-state index < -0.39 is 0 Å². The van der Waals surface area contributed by atoms with Crippen molar-refractivity contribution in [3.8, 4) is 35.8 Å². The van der Waals surface area contributed by atoms with Crippen molar-refractivity contribution in [1.82, 2.24) is 0 Å². The van der Waals surface area contributed by atoms with Gasteiger partial charge in [0.1, 0.15) is 60.1 Å². The van der Waals surface area contributed by atoms with Gasteiger partial charge in [-0.1, -0.05) is 36.4 Å². The van der Waals surface area contributed by atoms with E-state index in [0.717, 1.165) is 0 Å². The van der Waals surface area contributed by atoms with Crippen molar-refractivity contribution in [2.75, 3.05) is 13.2 Å². The van der Waals surface area contributed by atoms with Gasteiger partial charge in [0.05, 0.1) is 0 Å². The molecule has 2 rings (SSSR count). The zero-order valence-electron chi connectivity index (χ0n) is 14.8. The minimum Gasteiger partial charge on any atom is -0.489 e. The van der Waals surface area contributed by atoms with E-state index in [1.54, 1.807) is 48.5 Å². The Morgan fingerprint density at radius 3 is 1.36 bits per heavy atom. The summed E-state index contributed by atoms with van der Waals surface area (Å²) >= 11 is 0. The van der Waals surface area contributed by atoms with Gasteiger partial charge in [0.25, 0.3) is 0 Å². The number of para-hydroxylation sites is 2. The summed E-state index contributed by atoms with van der Waals surface area (Å²) in [6.07, 6.45) is 2.92. The summed E-state index contributed by atoms with van der Waals surface area (Å²) in [5, 5.41) is 35.6. The molecule has 0 N–H and O–H groups in total. The lowest BCUT2D eigenvalue weighted by molar-refractivity contribution is 0.216. The summed E-state index contributed by atoms with van der Waals surface area (Å²) in [4.78, 5) is 0. The fourth-order valence-corrected chi connectivity index (χ4v) is 2.26. The summed E-state index contributed by atoms with van der Waals surface area (Å²) in [6.45, 7) is 0.446. The number of benzene rings is 2. The van der Waals surface area contributed by atoms with Gasteiger partial charge in [-0.15, -0.1) is 0 Å². The Kier molecular flexibility index (Phi) is 7.40. The molecule has 0 unspecified atom stereocenters. The largest absolute Gasteiger partial charge is 0.489 e. The highest BCUT2D eigenvalue weighted by Crippen LogP contribution is 2.22. The Morgan fingerprint density at radius 1 is 0.643 bits per heavy atom. The third kappa shape index (κ3) is 5.50. The normalized spacial score (nSPS) is 8.86. The lowest BCUT2D eigenvalue weighted by Crippen LogP contribution is -2.10. The molecular formula is C22H14N4O2. The maximum absolute atomic E-state index is 8.90. The van der Waals surface area contributed by atoms with Crippen molar-refractivity contribution in [3.05, 3.63) is 70.8 Å². The second kappa shape index (κ2) is 10.5. The number of hydrogen-bond acceptors (Lipinski definition) is 6. The van der Waals surface area contributed by atoms with Crippen molar-refractivity contribution in [2.24, 2.45) is 0 Å². The maximum atomic E-state index is 8.90. The monoisotopic (exact) mass is 366 g/mol. The van der Waals surface area contributed by atoms with Gasteiger partial charge in [0.2, 0.25) is 0 Å². The smallest absolute Gasteiger partial charge is 0.130 e. The van der Waals surface area contributed by atoms with E-state index in [2.05, 4.69) is 0 Å². The molecule has 134 valence electrons. The van der Waals surface area contributed by atoms with Crippen LogP contribution in [0.3, 0.4) is 0 Å². The van der Waals surface area contributed by atoms with Gasteiger partial charge in [-0.05, 0) is 24.3 Å². The molecule has 2 aromatic rings. The van der Waals surface area contributed by atoms with E-state index in [9.17, 15) is 0 Å². The van der Waals surface area contributed by atoms with Crippen molar-refractivity contribution < 1.29 is 9.47 Å². The summed E-state index contributed by atoms with van der Waals surface area (Å²) in [5.74, 6) is 1.05. The number of hydrogen-bond donors (Lipinski definition) is 0. The van der Waals surface area contributed by atoms with Gasteiger partial charge in [0, 0.05) is 11.1 Å². The Hall–Kier alpha value is -4.52. The van der Waals surface area contributed by atoms with E-state index in [4.69, 9.17) is 30.5 Å². The van der Waals surface area contributed by atoms with Gasteiger partial charge in [-0.25, -0.2) is 0 Å². The quantitative estimate of drug-likeness (QED) is 0.540. The molecule has 0 amide bonds. The fraction of sp³-hybridized carbons (Fsp3) is 0.0909. The Balaban J connectivity index is 2.04. The molecule has 0 aliphatic rings. The Morgan fingerprint density at radius 2 is 1.00 bits per heavy atom. The first-order valence-corrected chi connectivity index (χ1v) is 8.19. The van der Waals surface area contributed by atoms with Crippen LogP contribution in [0.4, 0.5) is 0 Å². The number of rotatable bonds is 7. The van der Waals surface area contributed by atoms with E-state index in [1.807, 2.05) is 24.3 Å². The second-order valence-electron chi connectivity index (χ2n) is 5.34. The summed E-state index contributed by atoms with van der Waals surface area (Å²) < 4.78 is 11.4. The lowest BCUT2D eigenvalue weighted by Gasteiger charge is -2.12. The molecule has 2 aromatic carbocycles. The predicted molar refractivity (Wildman–Crippen MR) is 102 cm³/mol. The number of nitrogens with zero attached hydrogens (tertiary/aromatic N) is 4. The van der Waals surface area contributed by atoms with Crippen LogP contribution in [0.1, 0.15) is 11.1 Å². The molecule has 0 aliphatic carbocycles. The molecule has 0 radical (unpaired) electrons. The molecule has 0 aromatic heterocycles. The van der Waals surface area contributed by atoms with E-state index in [-0.39, 0.29) is 24.4 Å². The van der Waals surface area contributed by atoms with Crippen LogP contribution >= 0.6 is 0 Å². The fourth-order valence-electron chi connectivity index (χ4n) is 2.26. The molecule has 6 heteroatoms. The topological polar surface area (TPSA) is 114 Å². The maximum Gasteiger partial charge on any atom is 0.130 e. The van der Waals surface area contributed by atoms with Gasteiger partial charge < -0.3 is 9.47 Å². The average molecular weight is 366 g/mol. The molecule has 28 heavy (non-hydrogen) atoms. The van der Waals surface area contributed by atoms with Gasteiger partial charge in [-0.3, -0.25) is 0 Å². The first-order valence-electron chi connectivity index (χ1n) is 8.19. The lowest BCUT2D eigenvalue weighted by atomic mass is 10.1. The van der Waals surface area contributed by atoms with E-state index in [1.165, 1.54) is 12.2 Å². The first-order chi connectivity index (χ1) is 13.7. The van der Waals surface area contributed by atoms with Crippen LogP contribution in [0, 0.1) is 45.3 Å². The summed E-state index contributed by atoms with van der Waals surface area (Å²) in [6, 6.07) is 21.4. The van der Waals surface area contributed by atoms with Crippen LogP contribution in [-0.4, -0.2) is 13.2 Å². The molecule has 0 spiro atoms. The van der Waals surface area contributed by atoms with E-state index in [0.29, 0.717) is 22.6 Å². The Labute approximate surface area is 163 Å². The van der Waals surface area contributed by atoms with Crippen molar-refractivity contribution in [1.29, 1.82) is 21.0 Å². The van der Waals surface area contributed by atoms with Crippen molar-refractivity contribution >= 4 is 12.2 Å². The average Bonchev–Trinajstić information content (AvgIpc) is 2.74. The van der Waals surface area contributed by atoms with Crippen LogP contribution < -0.4 is 9.47 Å². The van der Waals surface area contributed by atoms with Crippen LogP contribution in [0.15, 0.2) is 59.7 Å². The standard InChI is InChI=1S/C22H14N4O2/c23-13-17(14-24)11-19-5-1-3-7-21(19)27-9-10-28-22-8-4-2-6-20(22)12-18(15-25)16-26/h1-8,11-12H,9-10H2. The number of ether oxygens (including phenoxy) is 2. The number of nitriles is 4. The molecular weight excluding hydrogens is 352 g/mol. The van der Waals surface area contributed by atoms with E-state index >= 15 is 0 Å². The highest BCUT2D eigenvalue weighted by atomic mass is 16.5. The SMILES string of the molecule is N#CC(C#N)=Cc1ccccc1OCCOc1ccccc1C=C(C#N)C#N. The predicted octanol–water partition coefficient (Wildman–Crippen LogP) is 4.01. The molecule has 0 atom stereocenters. The minimum absolute atomic E-state index is 0.0150. The highest BCUT2D eigenvalue weighted by Gasteiger charge is 2.05. The van der Waals surface area contributed by atoms with Gasteiger partial charge in [0.15, 0.2) is 0 Å². The summed E-state index contributed by atoms with van der Waals surface area (Å²) in [5.41, 5.74) is 1.21. The third-order valence-electron chi connectivity index (χ3n) is 3.52. The highest BCUT2D eigenvalue weighted by molar-refractivity contribution is 5.67.